The molecule has 7 nitrogen and oxygen atoms in total. The highest BCUT2D eigenvalue weighted by atomic mass is 16.5. The van der Waals surface area contributed by atoms with Crippen LogP contribution in [0.1, 0.15) is 51.2 Å². The monoisotopic (exact) mass is 309 g/mol. The second-order valence-corrected chi connectivity index (χ2v) is 6.61. The van der Waals surface area contributed by atoms with Crippen molar-refractivity contribution in [3.63, 3.8) is 0 Å². The molecule has 2 N–H and O–H groups in total. The summed E-state index contributed by atoms with van der Waals surface area (Å²) in [5.74, 6) is 0.995. The highest BCUT2D eigenvalue weighted by Crippen LogP contribution is 2.39. The normalized spacial score (nSPS) is 29.0. The lowest BCUT2D eigenvalue weighted by molar-refractivity contribution is -0.0184. The molecule has 2 heterocycles. The quantitative estimate of drug-likeness (QED) is 0.813. The Bertz CT molecular complexity index is 551. The van der Waals surface area contributed by atoms with E-state index in [1.807, 2.05) is 0 Å². The van der Waals surface area contributed by atoms with Crippen LogP contribution in [0.4, 0.5) is 10.6 Å². The molecule has 1 aliphatic heterocycles. The molecule has 0 bridgehead atoms. The van der Waals surface area contributed by atoms with Gasteiger partial charge in [0.15, 0.2) is 18.3 Å². The molecular formula is C15H23N3O4. The second kappa shape index (κ2) is 5.55. The van der Waals surface area contributed by atoms with Gasteiger partial charge in [0.2, 0.25) is 0 Å². The van der Waals surface area contributed by atoms with Crippen LogP contribution < -0.4 is 4.90 Å². The van der Waals surface area contributed by atoms with E-state index in [9.17, 15) is 15.0 Å². The molecule has 2 aliphatic rings. The highest BCUT2D eigenvalue weighted by molar-refractivity contribution is 5.93. The lowest BCUT2D eigenvalue weighted by Gasteiger charge is -2.24. The first-order valence-electron chi connectivity index (χ1n) is 7.83. The van der Waals surface area contributed by atoms with E-state index in [0.717, 1.165) is 41.2 Å². The molecule has 1 saturated heterocycles. The van der Waals surface area contributed by atoms with Gasteiger partial charge in [0.05, 0.1) is 0 Å². The number of aliphatic hydroxyl groups excluding tert-OH is 2. The Morgan fingerprint density at radius 3 is 2.41 bits per heavy atom. The first-order chi connectivity index (χ1) is 10.4. The minimum Gasteiger partial charge on any atom is -0.369 e. The maximum Gasteiger partial charge on any atom is 0.329 e. The number of aromatic nitrogens is 1. The van der Waals surface area contributed by atoms with Crippen LogP contribution in [0, 0.1) is 0 Å². The van der Waals surface area contributed by atoms with Gasteiger partial charge in [-0.25, -0.2) is 9.69 Å². The van der Waals surface area contributed by atoms with Crippen molar-refractivity contribution in [2.75, 3.05) is 11.9 Å². The molecule has 122 valence electrons. The molecule has 2 unspecified atom stereocenters. The summed E-state index contributed by atoms with van der Waals surface area (Å²) in [6.45, 7) is 2.16. The lowest BCUT2D eigenvalue weighted by Crippen LogP contribution is -2.36. The number of hydrogen-bond donors (Lipinski definition) is 2. The first-order valence-corrected chi connectivity index (χ1v) is 7.83. The summed E-state index contributed by atoms with van der Waals surface area (Å²) in [5.41, 5.74) is -0.0833. The van der Waals surface area contributed by atoms with Gasteiger partial charge < -0.3 is 14.7 Å². The molecule has 0 aromatic carbocycles. The van der Waals surface area contributed by atoms with Gasteiger partial charge in [0.1, 0.15) is 5.76 Å². The Hall–Kier alpha value is -1.60. The van der Waals surface area contributed by atoms with Gasteiger partial charge in [-0.2, -0.15) is 0 Å². The maximum absolute atomic E-state index is 12.1. The fourth-order valence-corrected chi connectivity index (χ4v) is 3.38. The maximum atomic E-state index is 12.1. The Kier molecular flexibility index (Phi) is 3.86. The van der Waals surface area contributed by atoms with Crippen LogP contribution in [0.2, 0.25) is 0 Å². The van der Waals surface area contributed by atoms with Gasteiger partial charge in [-0.05, 0) is 12.8 Å². The molecule has 0 radical (unpaired) electrons. The standard InChI is InChI=1S/C15H23N3O4/c1-15(7-5-3-4-6-8-15)10-9-11(16-22-10)18-13(20)12(19)17(2)14(18)21/h9,12-13,19-20H,3-8H2,1-2H3. The molecule has 1 saturated carbocycles. The minimum absolute atomic E-state index is 0.0833. The van der Waals surface area contributed by atoms with Gasteiger partial charge >= 0.3 is 6.03 Å². The molecule has 2 amide bonds. The predicted octanol–water partition coefficient (Wildman–Crippen LogP) is 1.80. The van der Waals surface area contributed by atoms with Crippen LogP contribution in [0.15, 0.2) is 10.6 Å². The number of anilines is 1. The van der Waals surface area contributed by atoms with Crippen molar-refractivity contribution >= 4 is 11.8 Å². The molecule has 1 aliphatic carbocycles. The van der Waals surface area contributed by atoms with E-state index >= 15 is 0 Å². The summed E-state index contributed by atoms with van der Waals surface area (Å²) in [6.07, 6.45) is 4.23. The third-order valence-electron chi connectivity index (χ3n) is 4.98. The van der Waals surface area contributed by atoms with Gasteiger partial charge in [0, 0.05) is 18.5 Å². The van der Waals surface area contributed by atoms with Gasteiger partial charge in [-0.3, -0.25) is 4.90 Å². The smallest absolute Gasteiger partial charge is 0.329 e. The van der Waals surface area contributed by atoms with Crippen molar-refractivity contribution in [1.82, 2.24) is 10.1 Å². The number of amides is 2. The Morgan fingerprint density at radius 2 is 1.86 bits per heavy atom. The minimum atomic E-state index is -1.34. The van der Waals surface area contributed by atoms with Crippen molar-refractivity contribution < 1.29 is 19.5 Å². The number of likely N-dealkylation sites (N-methyl/N-ethyl adjacent to an activating group) is 1. The predicted molar refractivity (Wildman–Crippen MR) is 79.2 cm³/mol. The molecule has 1 aromatic heterocycles. The number of carbonyl (C=O) groups excluding carboxylic acids is 1. The summed E-state index contributed by atoms with van der Waals surface area (Å²) >= 11 is 0. The lowest BCUT2D eigenvalue weighted by atomic mass is 9.80. The SMILES string of the molecule is CN1C(=O)N(c2cc(C3(C)CCCCCC3)on2)C(O)C1O. The summed E-state index contributed by atoms with van der Waals surface area (Å²) in [6, 6.07) is 1.23. The Morgan fingerprint density at radius 1 is 1.23 bits per heavy atom. The van der Waals surface area contributed by atoms with Crippen molar-refractivity contribution in [1.29, 1.82) is 0 Å². The van der Waals surface area contributed by atoms with Crippen molar-refractivity contribution in [3.8, 4) is 0 Å². The summed E-state index contributed by atoms with van der Waals surface area (Å²) in [4.78, 5) is 14.2. The number of hydrogen-bond acceptors (Lipinski definition) is 5. The average molecular weight is 309 g/mol. The fourth-order valence-electron chi connectivity index (χ4n) is 3.38. The van der Waals surface area contributed by atoms with Gasteiger partial charge in [-0.15, -0.1) is 0 Å². The Balaban J connectivity index is 1.86. The molecular weight excluding hydrogens is 286 g/mol. The van der Waals surface area contributed by atoms with Crippen LogP contribution in [0.25, 0.3) is 0 Å². The average Bonchev–Trinajstić information content (AvgIpc) is 2.96. The van der Waals surface area contributed by atoms with Crippen molar-refractivity contribution in [2.24, 2.45) is 0 Å². The zero-order valence-corrected chi connectivity index (χ0v) is 13.0. The van der Waals surface area contributed by atoms with Crippen LogP contribution in [0.5, 0.6) is 0 Å². The van der Waals surface area contributed by atoms with Crippen LogP contribution in [0.3, 0.4) is 0 Å². The van der Waals surface area contributed by atoms with E-state index in [-0.39, 0.29) is 11.2 Å². The third-order valence-corrected chi connectivity index (χ3v) is 4.98. The van der Waals surface area contributed by atoms with E-state index in [1.165, 1.54) is 19.9 Å². The largest absolute Gasteiger partial charge is 0.369 e. The second-order valence-electron chi connectivity index (χ2n) is 6.61. The zero-order valence-electron chi connectivity index (χ0n) is 13.0. The molecule has 0 spiro atoms. The number of carbonyl (C=O) groups is 1. The van der Waals surface area contributed by atoms with E-state index in [2.05, 4.69) is 12.1 Å². The third kappa shape index (κ3) is 2.38. The topological polar surface area (TPSA) is 90.0 Å². The zero-order chi connectivity index (χ0) is 15.9. The number of aliphatic hydroxyl groups is 2. The number of urea groups is 1. The van der Waals surface area contributed by atoms with E-state index in [0.29, 0.717) is 0 Å². The molecule has 1 aromatic rings. The molecule has 2 atom stereocenters. The Labute approximate surface area is 129 Å². The van der Waals surface area contributed by atoms with Gasteiger partial charge in [-0.1, -0.05) is 37.8 Å². The summed E-state index contributed by atoms with van der Waals surface area (Å²) < 4.78 is 5.49. The fraction of sp³-hybridized carbons (Fsp3) is 0.733. The molecule has 7 heteroatoms. The summed E-state index contributed by atoms with van der Waals surface area (Å²) in [5, 5.41) is 23.7. The van der Waals surface area contributed by atoms with Crippen LogP contribution in [-0.2, 0) is 5.41 Å². The number of nitrogens with zero attached hydrogens (tertiary/aromatic N) is 3. The molecule has 2 fully saturated rings. The van der Waals surface area contributed by atoms with Crippen molar-refractivity contribution in [2.45, 2.75) is 63.3 Å². The first kappa shape index (κ1) is 15.3. The van der Waals surface area contributed by atoms with E-state index in [4.69, 9.17) is 4.52 Å². The molecule has 22 heavy (non-hydrogen) atoms. The van der Waals surface area contributed by atoms with E-state index < -0.39 is 18.5 Å². The van der Waals surface area contributed by atoms with Gasteiger partial charge in [0.25, 0.3) is 0 Å². The van der Waals surface area contributed by atoms with Crippen molar-refractivity contribution in [3.05, 3.63) is 11.8 Å². The van der Waals surface area contributed by atoms with Crippen LogP contribution >= 0.6 is 0 Å². The number of rotatable bonds is 2. The summed E-state index contributed by atoms with van der Waals surface area (Å²) in [7, 11) is 1.43. The molecule has 3 rings (SSSR count). The van der Waals surface area contributed by atoms with Crippen LogP contribution in [-0.4, -0.2) is 45.8 Å². The highest BCUT2D eigenvalue weighted by Gasteiger charge is 2.45. The van der Waals surface area contributed by atoms with E-state index in [1.54, 1.807) is 6.07 Å².